The van der Waals surface area contributed by atoms with Crippen LogP contribution in [0.5, 0.6) is 0 Å². The number of carbonyl (C=O) groups excluding carboxylic acids is 1. The molecule has 30 heavy (non-hydrogen) atoms. The number of pyridine rings is 1. The van der Waals surface area contributed by atoms with Crippen LogP contribution in [0.15, 0.2) is 34.5 Å². The third-order valence-electron chi connectivity index (χ3n) is 3.66. The fraction of sp³-hybridized carbons (Fsp3) is 0.353. The minimum atomic E-state index is -4.48. The maximum atomic E-state index is 12.7. The Bertz CT molecular complexity index is 1030. The summed E-state index contributed by atoms with van der Waals surface area (Å²) in [5.41, 5.74) is 0.198. The zero-order valence-corrected chi connectivity index (χ0v) is 18.0. The minimum absolute atomic E-state index is 0.189. The van der Waals surface area contributed by atoms with Gasteiger partial charge in [0.2, 0.25) is 0 Å². The molecule has 0 aliphatic heterocycles. The van der Waals surface area contributed by atoms with Gasteiger partial charge in [0.25, 0.3) is 5.91 Å². The third kappa shape index (κ3) is 6.57. The predicted octanol–water partition coefficient (Wildman–Crippen LogP) is 2.67. The summed E-state index contributed by atoms with van der Waals surface area (Å²) in [6.07, 6.45) is -0.743. The molecule has 0 bridgehead atoms. The highest BCUT2D eigenvalue weighted by Crippen LogP contribution is 2.33. The molecule has 2 aromatic heterocycles. The second-order valence-electron chi connectivity index (χ2n) is 6.11. The lowest BCUT2D eigenvalue weighted by atomic mass is 10.2. The molecule has 0 saturated heterocycles. The molecule has 0 radical (unpaired) electrons. The number of aromatic nitrogens is 3. The van der Waals surface area contributed by atoms with Crippen molar-refractivity contribution < 1.29 is 26.4 Å². The van der Waals surface area contributed by atoms with E-state index >= 15 is 0 Å². The van der Waals surface area contributed by atoms with Crippen LogP contribution >= 0.6 is 11.8 Å². The van der Waals surface area contributed by atoms with E-state index in [-0.39, 0.29) is 6.54 Å². The molecule has 13 heteroatoms. The molecule has 0 aromatic carbocycles. The summed E-state index contributed by atoms with van der Waals surface area (Å²) < 4.78 is 67.0. The molecule has 164 valence electrons. The first-order valence-corrected chi connectivity index (χ1v) is 11.0. The number of halogens is 3. The highest BCUT2D eigenvalue weighted by Gasteiger charge is 2.30. The van der Waals surface area contributed by atoms with E-state index in [0.29, 0.717) is 27.7 Å². The van der Waals surface area contributed by atoms with Gasteiger partial charge in [0.05, 0.1) is 11.3 Å². The van der Waals surface area contributed by atoms with Crippen LogP contribution in [0.1, 0.15) is 30.2 Å². The normalized spacial score (nSPS) is 12.5. The standard InChI is InChI=1S/C17H20F3N5O3S2/c1-4-9-22-30(27,28)24-14(26)7-6-13-11(2)23-25(3)16(13)29-15-8-5-12(10-21-15)17(18,19)20/h5-8,10,22H,4,9H2,1-3H3,(H,24,26)/b7-6+. The first kappa shape index (κ1) is 23.9. The van der Waals surface area contributed by atoms with Crippen LogP contribution < -0.4 is 9.44 Å². The highest BCUT2D eigenvalue weighted by molar-refractivity contribution is 7.99. The Morgan fingerprint density at radius 3 is 2.60 bits per heavy atom. The average molecular weight is 464 g/mol. The molecule has 1 amide bonds. The van der Waals surface area contributed by atoms with Gasteiger partial charge in [-0.2, -0.15) is 31.4 Å². The molecule has 2 rings (SSSR count). The Labute approximate surface area is 176 Å². The van der Waals surface area contributed by atoms with Crippen LogP contribution in [0.25, 0.3) is 6.08 Å². The van der Waals surface area contributed by atoms with Crippen molar-refractivity contribution in [3.63, 3.8) is 0 Å². The van der Waals surface area contributed by atoms with Gasteiger partial charge in [-0.25, -0.2) is 9.71 Å². The molecular weight excluding hydrogens is 443 g/mol. The van der Waals surface area contributed by atoms with Crippen molar-refractivity contribution in [2.45, 2.75) is 36.5 Å². The number of nitrogens with zero attached hydrogens (tertiary/aromatic N) is 3. The molecule has 2 aromatic rings. The Kier molecular flexibility index (Phi) is 7.66. The molecule has 0 atom stereocenters. The first-order valence-electron chi connectivity index (χ1n) is 8.67. The largest absolute Gasteiger partial charge is 0.417 e. The highest BCUT2D eigenvalue weighted by atomic mass is 32.2. The van der Waals surface area contributed by atoms with Gasteiger partial charge in [0.1, 0.15) is 10.1 Å². The van der Waals surface area contributed by atoms with E-state index in [0.717, 1.165) is 30.1 Å². The number of amides is 1. The van der Waals surface area contributed by atoms with E-state index < -0.39 is 27.9 Å². The molecule has 0 unspecified atom stereocenters. The van der Waals surface area contributed by atoms with Crippen LogP contribution in [0.2, 0.25) is 0 Å². The van der Waals surface area contributed by atoms with Gasteiger partial charge in [-0.15, -0.1) is 0 Å². The minimum Gasteiger partial charge on any atom is -0.269 e. The number of hydrogen-bond donors (Lipinski definition) is 2. The Balaban J connectivity index is 2.19. The van der Waals surface area contributed by atoms with Crippen LogP contribution in [0, 0.1) is 6.92 Å². The number of nitrogens with one attached hydrogen (secondary N) is 2. The van der Waals surface area contributed by atoms with Crippen LogP contribution in [-0.4, -0.2) is 35.6 Å². The maximum absolute atomic E-state index is 12.7. The van der Waals surface area contributed by atoms with Gasteiger partial charge in [-0.1, -0.05) is 6.92 Å². The predicted molar refractivity (Wildman–Crippen MR) is 106 cm³/mol. The van der Waals surface area contributed by atoms with Gasteiger partial charge < -0.3 is 0 Å². The molecule has 0 saturated carbocycles. The van der Waals surface area contributed by atoms with E-state index in [1.165, 1.54) is 16.8 Å². The van der Waals surface area contributed by atoms with Crippen molar-refractivity contribution in [2.75, 3.05) is 6.54 Å². The zero-order chi connectivity index (χ0) is 22.5. The first-order chi connectivity index (χ1) is 13.9. The number of aryl methyl sites for hydroxylation is 2. The Morgan fingerprint density at radius 1 is 1.33 bits per heavy atom. The molecule has 2 heterocycles. The quantitative estimate of drug-likeness (QED) is 0.583. The summed E-state index contributed by atoms with van der Waals surface area (Å²) in [5.74, 6) is -0.856. The molecule has 0 aliphatic rings. The maximum Gasteiger partial charge on any atom is 0.417 e. The monoisotopic (exact) mass is 463 g/mol. The second-order valence-corrected chi connectivity index (χ2v) is 8.62. The van der Waals surface area contributed by atoms with Crippen molar-refractivity contribution in [3.05, 3.63) is 41.2 Å². The molecule has 8 nitrogen and oxygen atoms in total. The summed E-state index contributed by atoms with van der Waals surface area (Å²) in [6.45, 7) is 3.65. The van der Waals surface area contributed by atoms with Crippen molar-refractivity contribution in [1.29, 1.82) is 0 Å². The van der Waals surface area contributed by atoms with Gasteiger partial charge in [0, 0.05) is 31.4 Å². The lowest BCUT2D eigenvalue weighted by Gasteiger charge is -2.07. The van der Waals surface area contributed by atoms with Crippen LogP contribution in [0.3, 0.4) is 0 Å². The van der Waals surface area contributed by atoms with Crippen LogP contribution in [0.4, 0.5) is 13.2 Å². The molecule has 2 N–H and O–H groups in total. The summed E-state index contributed by atoms with van der Waals surface area (Å²) in [7, 11) is -2.32. The topological polar surface area (TPSA) is 106 Å². The molecule has 0 spiro atoms. The SMILES string of the molecule is CCCNS(=O)(=O)NC(=O)/C=C/c1c(C)nn(C)c1Sc1ccc(C(F)(F)F)cn1. The van der Waals surface area contributed by atoms with Crippen molar-refractivity contribution >= 4 is 34.0 Å². The molecule has 0 fully saturated rings. The summed E-state index contributed by atoms with van der Waals surface area (Å²) in [5, 5.41) is 5.06. The lowest BCUT2D eigenvalue weighted by molar-refractivity contribution is -0.137. The van der Waals surface area contributed by atoms with E-state index in [1.807, 2.05) is 4.72 Å². The van der Waals surface area contributed by atoms with Crippen LogP contribution in [-0.2, 0) is 28.2 Å². The number of hydrogen-bond acceptors (Lipinski definition) is 6. The van der Waals surface area contributed by atoms with E-state index in [9.17, 15) is 26.4 Å². The number of carbonyl (C=O) groups is 1. The average Bonchev–Trinajstić information content (AvgIpc) is 2.90. The fourth-order valence-corrected chi connectivity index (χ4v) is 4.09. The van der Waals surface area contributed by atoms with Crippen molar-refractivity contribution in [2.24, 2.45) is 7.05 Å². The Hall–Kier alpha value is -2.38. The number of alkyl halides is 3. The third-order valence-corrected chi connectivity index (χ3v) is 5.84. The molecular formula is C17H20F3N5O3S2. The van der Waals surface area contributed by atoms with E-state index in [4.69, 9.17) is 0 Å². The number of rotatable bonds is 8. The lowest BCUT2D eigenvalue weighted by Crippen LogP contribution is -2.39. The van der Waals surface area contributed by atoms with Gasteiger partial charge in [-0.3, -0.25) is 9.48 Å². The fourth-order valence-electron chi connectivity index (χ4n) is 2.27. The van der Waals surface area contributed by atoms with Gasteiger partial charge >= 0.3 is 16.4 Å². The van der Waals surface area contributed by atoms with E-state index in [2.05, 4.69) is 14.8 Å². The van der Waals surface area contributed by atoms with Crippen molar-refractivity contribution in [1.82, 2.24) is 24.2 Å². The smallest absolute Gasteiger partial charge is 0.269 e. The zero-order valence-electron chi connectivity index (χ0n) is 16.3. The molecule has 0 aliphatic carbocycles. The van der Waals surface area contributed by atoms with E-state index in [1.54, 1.807) is 20.9 Å². The summed E-state index contributed by atoms with van der Waals surface area (Å²) in [6, 6.07) is 2.16. The van der Waals surface area contributed by atoms with Gasteiger partial charge in [0.15, 0.2) is 0 Å². The van der Waals surface area contributed by atoms with Gasteiger partial charge in [-0.05, 0) is 43.3 Å². The summed E-state index contributed by atoms with van der Waals surface area (Å²) >= 11 is 1.07. The second kappa shape index (κ2) is 9.62. The Morgan fingerprint density at radius 2 is 2.03 bits per heavy atom. The van der Waals surface area contributed by atoms with Crippen molar-refractivity contribution in [3.8, 4) is 0 Å². The summed E-state index contributed by atoms with van der Waals surface area (Å²) in [4.78, 5) is 15.8.